The Labute approximate surface area is 186 Å². The minimum Gasteiger partial charge on any atom is -0.478 e. The number of benzene rings is 3. The molecule has 0 aromatic heterocycles. The van der Waals surface area contributed by atoms with E-state index in [4.69, 9.17) is 16.7 Å². The van der Waals surface area contributed by atoms with Gasteiger partial charge in [0, 0.05) is 42.3 Å². The lowest BCUT2D eigenvalue weighted by Gasteiger charge is -2.34. The number of hydrogen-bond donors (Lipinski definition) is 2. The van der Waals surface area contributed by atoms with Crippen LogP contribution in [0, 0.1) is 0 Å². The number of nitrogens with zero attached hydrogens (tertiary/aromatic N) is 1. The van der Waals surface area contributed by atoms with Crippen molar-refractivity contribution in [2.45, 2.75) is 19.3 Å². The summed E-state index contributed by atoms with van der Waals surface area (Å²) in [7, 11) is 0. The van der Waals surface area contributed by atoms with Crippen LogP contribution >= 0.6 is 11.6 Å². The average molecular weight is 435 g/mol. The quantitative estimate of drug-likeness (QED) is 0.543. The third-order valence-electron chi connectivity index (χ3n) is 5.70. The maximum atomic E-state index is 12.2. The first kappa shape index (κ1) is 20.9. The van der Waals surface area contributed by atoms with Crippen LogP contribution in [0.3, 0.4) is 0 Å². The van der Waals surface area contributed by atoms with Crippen LogP contribution in [0.15, 0.2) is 66.7 Å². The summed E-state index contributed by atoms with van der Waals surface area (Å²) in [6, 6.07) is 20.6. The maximum absolute atomic E-state index is 12.2. The highest BCUT2D eigenvalue weighted by Gasteiger charge is 2.27. The summed E-state index contributed by atoms with van der Waals surface area (Å²) in [5.74, 6) is -0.675. The molecule has 0 saturated carbocycles. The monoisotopic (exact) mass is 434 g/mol. The van der Waals surface area contributed by atoms with Gasteiger partial charge in [-0.3, -0.25) is 4.79 Å². The van der Waals surface area contributed by atoms with Crippen molar-refractivity contribution in [2.75, 3.05) is 23.3 Å². The number of anilines is 2. The Hall–Kier alpha value is -3.31. The van der Waals surface area contributed by atoms with Gasteiger partial charge in [0.25, 0.3) is 0 Å². The largest absolute Gasteiger partial charge is 0.478 e. The fourth-order valence-corrected chi connectivity index (χ4v) is 4.15. The molecule has 0 bridgehead atoms. The first-order valence-electron chi connectivity index (χ1n) is 10.2. The molecule has 0 spiro atoms. The molecule has 0 radical (unpaired) electrons. The van der Waals surface area contributed by atoms with Crippen molar-refractivity contribution in [3.8, 4) is 11.1 Å². The molecule has 158 valence electrons. The molecule has 1 heterocycles. The highest BCUT2D eigenvalue weighted by atomic mass is 35.5. The fraction of sp³-hybridized carbons (Fsp3) is 0.200. The van der Waals surface area contributed by atoms with Gasteiger partial charge < -0.3 is 15.3 Å². The van der Waals surface area contributed by atoms with Gasteiger partial charge in [-0.1, -0.05) is 29.8 Å². The molecular formula is C25H23ClN2O3. The number of carboxylic acids is 1. The normalized spacial score (nSPS) is 15.3. The molecular weight excluding hydrogens is 412 g/mol. The van der Waals surface area contributed by atoms with E-state index in [9.17, 15) is 9.59 Å². The number of aromatic carboxylic acids is 1. The molecule has 1 aliphatic heterocycles. The van der Waals surface area contributed by atoms with Crippen LogP contribution in [-0.2, 0) is 4.79 Å². The van der Waals surface area contributed by atoms with E-state index < -0.39 is 5.97 Å². The smallest absolute Gasteiger partial charge is 0.335 e. The first-order valence-corrected chi connectivity index (χ1v) is 10.6. The van der Waals surface area contributed by atoms with Gasteiger partial charge in [-0.25, -0.2) is 4.79 Å². The molecule has 5 nitrogen and oxygen atoms in total. The summed E-state index contributed by atoms with van der Waals surface area (Å²) < 4.78 is 0. The average Bonchev–Trinajstić information content (AvgIpc) is 2.78. The summed E-state index contributed by atoms with van der Waals surface area (Å²) in [5, 5.41) is 13.3. The van der Waals surface area contributed by atoms with Crippen molar-refractivity contribution >= 4 is 34.9 Å². The second-order valence-corrected chi connectivity index (χ2v) is 8.14. The highest BCUT2D eigenvalue weighted by Crippen LogP contribution is 2.38. The molecule has 1 atom stereocenters. The molecule has 6 heteroatoms. The zero-order chi connectivity index (χ0) is 22.0. The Morgan fingerprint density at radius 2 is 1.71 bits per heavy atom. The van der Waals surface area contributed by atoms with Crippen LogP contribution in [-0.4, -0.2) is 30.1 Å². The van der Waals surface area contributed by atoms with Crippen molar-refractivity contribution in [1.82, 2.24) is 0 Å². The van der Waals surface area contributed by atoms with Crippen molar-refractivity contribution in [3.63, 3.8) is 0 Å². The fourth-order valence-electron chi connectivity index (χ4n) is 4.02. The number of rotatable bonds is 5. The number of hydrogen-bond acceptors (Lipinski definition) is 3. The Kier molecular flexibility index (Phi) is 5.96. The van der Waals surface area contributed by atoms with Crippen LogP contribution in [0.5, 0.6) is 0 Å². The Bertz CT molecular complexity index is 1110. The molecule has 3 aromatic carbocycles. The lowest BCUT2D eigenvalue weighted by Crippen LogP contribution is -2.36. The molecule has 4 rings (SSSR count). The van der Waals surface area contributed by atoms with E-state index >= 15 is 0 Å². The van der Waals surface area contributed by atoms with E-state index in [0.29, 0.717) is 11.6 Å². The van der Waals surface area contributed by atoms with Gasteiger partial charge in [-0.05, 0) is 71.6 Å². The molecule has 2 N–H and O–H groups in total. The summed E-state index contributed by atoms with van der Waals surface area (Å²) in [6.07, 6.45) is 0.856. The Balaban J connectivity index is 1.64. The number of fused-ring (bicyclic) bond motifs is 1. The predicted octanol–water partition coefficient (Wildman–Crippen LogP) is 5.66. The Morgan fingerprint density at radius 1 is 1.03 bits per heavy atom. The third-order valence-corrected chi connectivity index (χ3v) is 5.95. The SMILES string of the molecule is CC(=O)N1CCC(CNc2ccc(Cl)cc2)c2cc(-c3ccc(C(=O)O)cc3)ccc21. The minimum atomic E-state index is -0.942. The zero-order valence-electron chi connectivity index (χ0n) is 17.1. The second-order valence-electron chi connectivity index (χ2n) is 7.70. The van der Waals surface area contributed by atoms with Gasteiger partial charge in [0.1, 0.15) is 0 Å². The molecule has 0 saturated heterocycles. The van der Waals surface area contributed by atoms with Crippen molar-refractivity contribution in [2.24, 2.45) is 0 Å². The van der Waals surface area contributed by atoms with Crippen molar-refractivity contribution in [3.05, 3.63) is 82.9 Å². The zero-order valence-corrected chi connectivity index (χ0v) is 17.9. The number of carbonyl (C=O) groups is 2. The van der Waals surface area contributed by atoms with E-state index in [2.05, 4.69) is 11.4 Å². The molecule has 1 unspecified atom stereocenters. The van der Waals surface area contributed by atoms with Crippen LogP contribution in [0.1, 0.15) is 35.2 Å². The van der Waals surface area contributed by atoms with Crippen molar-refractivity contribution in [1.29, 1.82) is 0 Å². The topological polar surface area (TPSA) is 69.6 Å². The lowest BCUT2D eigenvalue weighted by atomic mass is 9.87. The van der Waals surface area contributed by atoms with Crippen molar-refractivity contribution < 1.29 is 14.7 Å². The molecule has 1 amide bonds. The van der Waals surface area contributed by atoms with E-state index in [-0.39, 0.29) is 17.4 Å². The number of halogens is 1. The van der Waals surface area contributed by atoms with Gasteiger partial charge in [0.15, 0.2) is 0 Å². The van der Waals surface area contributed by atoms with Gasteiger partial charge in [0.2, 0.25) is 5.91 Å². The molecule has 0 fully saturated rings. The minimum absolute atomic E-state index is 0.0314. The number of carboxylic acid groups (broad SMARTS) is 1. The number of amides is 1. The number of carbonyl (C=O) groups excluding carboxylic acids is 1. The lowest BCUT2D eigenvalue weighted by molar-refractivity contribution is -0.116. The molecule has 3 aromatic rings. The maximum Gasteiger partial charge on any atom is 0.335 e. The second kappa shape index (κ2) is 8.82. The van der Waals surface area contributed by atoms with E-state index in [1.54, 1.807) is 19.1 Å². The van der Waals surface area contributed by atoms with E-state index in [0.717, 1.165) is 41.0 Å². The summed E-state index contributed by atoms with van der Waals surface area (Å²) >= 11 is 5.98. The predicted molar refractivity (Wildman–Crippen MR) is 124 cm³/mol. The summed E-state index contributed by atoms with van der Waals surface area (Å²) in [4.78, 5) is 25.1. The van der Waals surface area contributed by atoms with E-state index in [1.165, 1.54) is 0 Å². The molecule has 1 aliphatic rings. The molecule has 31 heavy (non-hydrogen) atoms. The van der Waals surface area contributed by atoms with Crippen LogP contribution in [0.2, 0.25) is 5.02 Å². The van der Waals surface area contributed by atoms with Gasteiger partial charge in [-0.15, -0.1) is 0 Å². The van der Waals surface area contributed by atoms with Crippen LogP contribution in [0.4, 0.5) is 11.4 Å². The van der Waals surface area contributed by atoms with Crippen LogP contribution < -0.4 is 10.2 Å². The highest BCUT2D eigenvalue weighted by molar-refractivity contribution is 6.30. The first-order chi connectivity index (χ1) is 14.9. The van der Waals surface area contributed by atoms with Gasteiger partial charge in [0.05, 0.1) is 5.56 Å². The van der Waals surface area contributed by atoms with E-state index in [1.807, 2.05) is 53.4 Å². The summed E-state index contributed by atoms with van der Waals surface area (Å²) in [6.45, 7) is 3.01. The number of nitrogens with one attached hydrogen (secondary N) is 1. The van der Waals surface area contributed by atoms with Gasteiger partial charge >= 0.3 is 5.97 Å². The molecule has 0 aliphatic carbocycles. The Morgan fingerprint density at radius 3 is 2.35 bits per heavy atom. The summed E-state index contributed by atoms with van der Waals surface area (Å²) in [5.41, 5.74) is 5.25. The third kappa shape index (κ3) is 4.57. The van der Waals surface area contributed by atoms with Crippen LogP contribution in [0.25, 0.3) is 11.1 Å². The van der Waals surface area contributed by atoms with Gasteiger partial charge in [-0.2, -0.15) is 0 Å². The standard InChI is InChI=1S/C25H23ClN2O3/c1-16(29)28-13-12-20(15-27-22-9-7-21(26)8-10-22)23-14-19(6-11-24(23)28)17-2-4-18(5-3-17)25(30)31/h2-11,14,20,27H,12-13,15H2,1H3,(H,30,31).